The van der Waals surface area contributed by atoms with E-state index in [1.807, 2.05) is 95.3 Å². The molecule has 2 aromatic rings. The lowest BCUT2D eigenvalue weighted by Gasteiger charge is -2.32. The Bertz CT molecular complexity index is 1550. The Morgan fingerprint density at radius 1 is 0.696 bits per heavy atom. The molecule has 2 amide bonds. The molecule has 4 atom stereocenters. The predicted molar refractivity (Wildman–Crippen MR) is 224 cm³/mol. The van der Waals surface area contributed by atoms with Crippen LogP contribution >= 0.6 is 0 Å². The molecule has 308 valence electrons. The van der Waals surface area contributed by atoms with Crippen molar-refractivity contribution in [3.05, 3.63) is 71.8 Å². The number of hydrogen-bond donors (Lipinski definition) is 2. The third-order valence-electron chi connectivity index (χ3n) is 11.7. The number of nitrogens with one attached hydrogen (secondary N) is 2. The van der Waals surface area contributed by atoms with Gasteiger partial charge in [-0.05, 0) is 94.3 Å². The molecule has 1 aliphatic heterocycles. The van der Waals surface area contributed by atoms with Gasteiger partial charge in [0.1, 0.15) is 5.78 Å². The SMILES string of the molecule is CC(C)CC(NC(=O)C(CC(=O)[C@H](CC(C)C)NC(=O)[C@H](CCc1ccccc1)CC(=O)CCCCN1CCN(C)CC1)Cc1ccccc1)C(=O)C1(C)CC1. The molecular formula is C47H70N4O5. The number of benzene rings is 2. The first-order valence-corrected chi connectivity index (χ1v) is 21.4. The smallest absolute Gasteiger partial charge is 0.224 e. The molecule has 0 aromatic heterocycles. The van der Waals surface area contributed by atoms with Gasteiger partial charge in [0.05, 0.1) is 12.1 Å². The summed E-state index contributed by atoms with van der Waals surface area (Å²) >= 11 is 0. The summed E-state index contributed by atoms with van der Waals surface area (Å²) in [4.78, 5) is 74.3. The number of rotatable bonds is 25. The average Bonchev–Trinajstić information content (AvgIpc) is 3.93. The van der Waals surface area contributed by atoms with Crippen LogP contribution in [-0.4, -0.2) is 90.8 Å². The van der Waals surface area contributed by atoms with E-state index in [0.29, 0.717) is 38.5 Å². The largest absolute Gasteiger partial charge is 0.346 e. The van der Waals surface area contributed by atoms with Gasteiger partial charge >= 0.3 is 0 Å². The second kappa shape index (κ2) is 22.3. The van der Waals surface area contributed by atoms with Gasteiger partial charge in [-0.3, -0.25) is 24.0 Å². The summed E-state index contributed by atoms with van der Waals surface area (Å²) in [5, 5.41) is 6.17. The lowest BCUT2D eigenvalue weighted by molar-refractivity contribution is -0.135. The number of ketones is 3. The number of unbranched alkanes of at least 4 members (excludes halogenated alkanes) is 1. The highest BCUT2D eigenvalue weighted by Gasteiger charge is 2.48. The first-order valence-electron chi connectivity index (χ1n) is 21.4. The first kappa shape index (κ1) is 45.0. The lowest BCUT2D eigenvalue weighted by Crippen LogP contribution is -2.49. The van der Waals surface area contributed by atoms with Gasteiger partial charge in [0, 0.05) is 62.7 Å². The first-order chi connectivity index (χ1) is 26.7. The minimum Gasteiger partial charge on any atom is -0.346 e. The fourth-order valence-corrected chi connectivity index (χ4v) is 7.84. The van der Waals surface area contributed by atoms with Crippen molar-refractivity contribution in [1.29, 1.82) is 0 Å². The summed E-state index contributed by atoms with van der Waals surface area (Å²) in [7, 11) is 2.15. The molecule has 0 radical (unpaired) electrons. The van der Waals surface area contributed by atoms with Crippen LogP contribution in [0.2, 0.25) is 0 Å². The number of carbonyl (C=O) groups is 5. The van der Waals surface area contributed by atoms with Crippen LogP contribution in [0, 0.1) is 29.1 Å². The molecule has 0 bridgehead atoms. The van der Waals surface area contributed by atoms with Crippen molar-refractivity contribution in [2.75, 3.05) is 39.8 Å². The molecule has 1 saturated heterocycles. The van der Waals surface area contributed by atoms with Crippen LogP contribution in [0.4, 0.5) is 0 Å². The monoisotopic (exact) mass is 771 g/mol. The number of nitrogens with zero attached hydrogens (tertiary/aromatic N) is 2. The zero-order valence-electron chi connectivity index (χ0n) is 35.2. The Kier molecular flexibility index (Phi) is 17.9. The van der Waals surface area contributed by atoms with Crippen LogP contribution in [0.1, 0.15) is 110 Å². The van der Waals surface area contributed by atoms with Crippen LogP contribution in [0.5, 0.6) is 0 Å². The zero-order valence-corrected chi connectivity index (χ0v) is 35.2. The molecule has 1 heterocycles. The number of piperazine rings is 1. The van der Waals surface area contributed by atoms with Crippen molar-refractivity contribution >= 4 is 29.2 Å². The van der Waals surface area contributed by atoms with E-state index in [1.165, 1.54) is 0 Å². The number of hydrogen-bond acceptors (Lipinski definition) is 7. The quantitative estimate of drug-likeness (QED) is 0.106. The Balaban J connectivity index is 1.45. The second-order valence-electron chi connectivity index (χ2n) is 17.9. The molecule has 2 aromatic carbocycles. The summed E-state index contributed by atoms with van der Waals surface area (Å²) in [6.07, 6.45) is 6.34. The highest BCUT2D eigenvalue weighted by molar-refractivity contribution is 5.97. The second-order valence-corrected chi connectivity index (χ2v) is 17.9. The van der Waals surface area contributed by atoms with E-state index in [1.54, 1.807) is 0 Å². The molecule has 2 unspecified atom stereocenters. The molecule has 1 saturated carbocycles. The van der Waals surface area contributed by atoms with Crippen molar-refractivity contribution in [1.82, 2.24) is 20.4 Å². The van der Waals surface area contributed by atoms with Gasteiger partial charge in [-0.2, -0.15) is 0 Å². The predicted octanol–water partition coefficient (Wildman–Crippen LogP) is 6.86. The van der Waals surface area contributed by atoms with Gasteiger partial charge in [-0.15, -0.1) is 0 Å². The molecule has 9 heteroatoms. The summed E-state index contributed by atoms with van der Waals surface area (Å²) < 4.78 is 0. The summed E-state index contributed by atoms with van der Waals surface area (Å²) in [6.45, 7) is 15.3. The van der Waals surface area contributed by atoms with Gasteiger partial charge in [0.2, 0.25) is 11.8 Å². The van der Waals surface area contributed by atoms with Gasteiger partial charge in [-0.25, -0.2) is 0 Å². The Morgan fingerprint density at radius 2 is 1.25 bits per heavy atom. The van der Waals surface area contributed by atoms with Crippen molar-refractivity contribution in [2.45, 2.75) is 124 Å². The van der Waals surface area contributed by atoms with E-state index in [0.717, 1.165) is 69.5 Å². The average molecular weight is 771 g/mol. The number of carbonyl (C=O) groups excluding carboxylic acids is 5. The fourth-order valence-electron chi connectivity index (χ4n) is 7.84. The zero-order chi connectivity index (χ0) is 40.7. The maximum absolute atomic E-state index is 14.3. The van der Waals surface area contributed by atoms with Crippen LogP contribution in [0.25, 0.3) is 0 Å². The van der Waals surface area contributed by atoms with E-state index < -0.39 is 29.3 Å². The maximum Gasteiger partial charge on any atom is 0.224 e. The van der Waals surface area contributed by atoms with Crippen molar-refractivity contribution in [3.8, 4) is 0 Å². The van der Waals surface area contributed by atoms with Crippen LogP contribution in [0.3, 0.4) is 0 Å². The number of amides is 2. The van der Waals surface area contributed by atoms with Crippen molar-refractivity contribution < 1.29 is 24.0 Å². The van der Waals surface area contributed by atoms with E-state index in [9.17, 15) is 24.0 Å². The molecule has 56 heavy (non-hydrogen) atoms. The minimum atomic E-state index is -0.801. The highest BCUT2D eigenvalue weighted by Crippen LogP contribution is 2.47. The lowest BCUT2D eigenvalue weighted by atomic mass is 9.87. The van der Waals surface area contributed by atoms with Crippen LogP contribution in [-0.2, 0) is 36.8 Å². The van der Waals surface area contributed by atoms with Gasteiger partial charge in [0.25, 0.3) is 0 Å². The standard InChI is InChI=1S/C47H70N4O5/c1-34(2)29-41(43(53)33-39(31-37-17-11-8-12-18-37)46(56)49-42(30-35(3)4)44(54)47(5)22-23-47)48-45(55)38(21-20-36-15-9-7-10-16-36)32-40(52)19-13-14-24-51-27-25-50(6)26-28-51/h7-12,15-18,34-35,38-39,41-42H,13-14,19-33H2,1-6H3,(H,48,55)(H,49,56)/t38-,39?,41+,42?/m1/s1. The van der Waals surface area contributed by atoms with Crippen molar-refractivity contribution in [2.24, 2.45) is 29.1 Å². The minimum absolute atomic E-state index is 0.0698. The van der Waals surface area contributed by atoms with Gasteiger partial charge in [0.15, 0.2) is 11.6 Å². The third-order valence-corrected chi connectivity index (χ3v) is 11.7. The van der Waals surface area contributed by atoms with Gasteiger partial charge < -0.3 is 20.4 Å². The van der Waals surface area contributed by atoms with E-state index in [4.69, 9.17) is 0 Å². The Morgan fingerprint density at radius 3 is 1.84 bits per heavy atom. The fraction of sp³-hybridized carbons (Fsp3) is 0.638. The molecule has 1 aliphatic carbocycles. The van der Waals surface area contributed by atoms with E-state index in [2.05, 4.69) is 27.5 Å². The summed E-state index contributed by atoms with van der Waals surface area (Å²) in [5.74, 6) is -1.63. The molecule has 4 rings (SSSR count). The summed E-state index contributed by atoms with van der Waals surface area (Å²) in [6, 6.07) is 18.2. The molecular weight excluding hydrogens is 701 g/mol. The third kappa shape index (κ3) is 15.3. The summed E-state index contributed by atoms with van der Waals surface area (Å²) in [5.41, 5.74) is 1.63. The Labute approximate surface area is 337 Å². The molecule has 9 nitrogen and oxygen atoms in total. The Hall–Kier alpha value is -3.69. The van der Waals surface area contributed by atoms with Crippen LogP contribution < -0.4 is 10.6 Å². The molecule has 0 spiro atoms. The number of aryl methyl sites for hydroxylation is 1. The highest BCUT2D eigenvalue weighted by atomic mass is 16.2. The molecule has 2 N–H and O–H groups in total. The number of Topliss-reactive ketones (excluding diaryl/α,β-unsaturated/α-hetero) is 3. The van der Waals surface area contributed by atoms with Crippen molar-refractivity contribution in [3.63, 3.8) is 0 Å². The molecule has 2 fully saturated rings. The number of likely N-dealkylation sites (N-methyl/N-ethyl adjacent to an activating group) is 1. The maximum atomic E-state index is 14.3. The molecule has 2 aliphatic rings. The van der Waals surface area contributed by atoms with E-state index >= 15 is 0 Å². The topological polar surface area (TPSA) is 116 Å². The normalized spacial score (nSPS) is 17.9. The van der Waals surface area contributed by atoms with Gasteiger partial charge in [-0.1, -0.05) is 95.3 Å². The van der Waals surface area contributed by atoms with E-state index in [-0.39, 0.29) is 53.8 Å². The van der Waals surface area contributed by atoms with Crippen LogP contribution in [0.15, 0.2) is 60.7 Å².